The summed E-state index contributed by atoms with van der Waals surface area (Å²) in [5.41, 5.74) is 2.38. The second kappa shape index (κ2) is 5.05. The standard InChI is InChI=1S/C16H14F2N4/c17-12-2-1-10-5-14(21-15(10)6-12)11-7-19-16(20-8-11)22-4-3-13(18)9-22/h1-2,5-8,13,21H,3-4,9H2/t13-/m1/s1. The third-order valence-corrected chi connectivity index (χ3v) is 3.95. The van der Waals surface area contributed by atoms with Crippen molar-refractivity contribution in [1.29, 1.82) is 0 Å². The molecule has 0 saturated carbocycles. The monoisotopic (exact) mass is 300 g/mol. The predicted molar refractivity (Wildman–Crippen MR) is 81.0 cm³/mol. The number of hydrogen-bond acceptors (Lipinski definition) is 3. The lowest BCUT2D eigenvalue weighted by Crippen LogP contribution is -2.22. The van der Waals surface area contributed by atoms with Crippen LogP contribution in [0.25, 0.3) is 22.2 Å². The molecule has 0 radical (unpaired) electrons. The lowest BCUT2D eigenvalue weighted by Gasteiger charge is -2.14. The number of rotatable bonds is 2. The molecule has 6 heteroatoms. The first-order valence-corrected chi connectivity index (χ1v) is 7.19. The van der Waals surface area contributed by atoms with Crippen LogP contribution in [-0.4, -0.2) is 34.2 Å². The Morgan fingerprint density at radius 1 is 1.18 bits per heavy atom. The van der Waals surface area contributed by atoms with Gasteiger partial charge in [-0.3, -0.25) is 0 Å². The molecule has 1 aliphatic rings. The highest BCUT2D eigenvalue weighted by Crippen LogP contribution is 2.25. The van der Waals surface area contributed by atoms with E-state index in [2.05, 4.69) is 15.0 Å². The highest BCUT2D eigenvalue weighted by molar-refractivity contribution is 5.85. The van der Waals surface area contributed by atoms with Crippen LogP contribution in [0.2, 0.25) is 0 Å². The molecule has 0 bridgehead atoms. The van der Waals surface area contributed by atoms with E-state index >= 15 is 0 Å². The zero-order valence-corrected chi connectivity index (χ0v) is 11.8. The molecule has 1 aliphatic heterocycles. The molecule has 0 amide bonds. The molecule has 4 rings (SSSR count). The number of benzene rings is 1. The SMILES string of the molecule is Fc1ccc2cc(-c3cnc(N4CC[C@@H](F)C4)nc3)[nH]c2c1. The third-order valence-electron chi connectivity index (χ3n) is 3.95. The number of nitrogens with one attached hydrogen (secondary N) is 1. The van der Waals surface area contributed by atoms with Gasteiger partial charge in [-0.15, -0.1) is 0 Å². The summed E-state index contributed by atoms with van der Waals surface area (Å²) < 4.78 is 26.4. The summed E-state index contributed by atoms with van der Waals surface area (Å²) in [6.45, 7) is 0.997. The second-order valence-electron chi connectivity index (χ2n) is 5.52. The Morgan fingerprint density at radius 2 is 2.00 bits per heavy atom. The summed E-state index contributed by atoms with van der Waals surface area (Å²) in [5, 5.41) is 0.931. The Hall–Kier alpha value is -2.50. The molecule has 1 saturated heterocycles. The highest BCUT2D eigenvalue weighted by Gasteiger charge is 2.23. The van der Waals surface area contributed by atoms with Gasteiger partial charge in [-0.2, -0.15) is 0 Å². The molecule has 2 aromatic heterocycles. The first-order valence-electron chi connectivity index (χ1n) is 7.19. The van der Waals surface area contributed by atoms with Gasteiger partial charge in [0.05, 0.1) is 6.54 Å². The van der Waals surface area contributed by atoms with Crippen molar-refractivity contribution < 1.29 is 8.78 Å². The fraction of sp³-hybridized carbons (Fsp3) is 0.250. The summed E-state index contributed by atoms with van der Waals surface area (Å²) in [7, 11) is 0. The van der Waals surface area contributed by atoms with E-state index in [-0.39, 0.29) is 5.82 Å². The van der Waals surface area contributed by atoms with Gasteiger partial charge >= 0.3 is 0 Å². The number of hydrogen-bond donors (Lipinski definition) is 1. The van der Waals surface area contributed by atoms with Gasteiger partial charge in [-0.05, 0) is 30.7 Å². The molecule has 112 valence electrons. The van der Waals surface area contributed by atoms with Crippen molar-refractivity contribution >= 4 is 16.9 Å². The van der Waals surface area contributed by atoms with Gasteiger partial charge in [0, 0.05) is 41.1 Å². The van der Waals surface area contributed by atoms with E-state index in [1.54, 1.807) is 18.5 Å². The zero-order chi connectivity index (χ0) is 15.1. The fourth-order valence-corrected chi connectivity index (χ4v) is 2.78. The van der Waals surface area contributed by atoms with E-state index in [0.29, 0.717) is 25.5 Å². The first kappa shape index (κ1) is 13.2. The molecule has 0 spiro atoms. The lowest BCUT2D eigenvalue weighted by molar-refractivity contribution is 0.364. The molecule has 3 heterocycles. The van der Waals surface area contributed by atoms with E-state index in [4.69, 9.17) is 0 Å². The molecule has 3 aromatic rings. The number of anilines is 1. The van der Waals surface area contributed by atoms with E-state index < -0.39 is 6.17 Å². The summed E-state index contributed by atoms with van der Waals surface area (Å²) >= 11 is 0. The van der Waals surface area contributed by atoms with Crippen LogP contribution in [0.4, 0.5) is 14.7 Å². The van der Waals surface area contributed by atoms with Crippen LogP contribution in [0, 0.1) is 5.82 Å². The third kappa shape index (κ3) is 2.30. The van der Waals surface area contributed by atoms with Gasteiger partial charge in [0.15, 0.2) is 0 Å². The molecule has 1 atom stereocenters. The summed E-state index contributed by atoms with van der Waals surface area (Å²) in [6.07, 6.45) is 3.13. The number of halogens is 2. The normalized spacial score (nSPS) is 18.3. The summed E-state index contributed by atoms with van der Waals surface area (Å²) in [4.78, 5) is 13.6. The smallest absolute Gasteiger partial charge is 0.225 e. The molecule has 1 N–H and O–H groups in total. The zero-order valence-electron chi connectivity index (χ0n) is 11.8. The minimum Gasteiger partial charge on any atom is -0.354 e. The predicted octanol–water partition coefficient (Wildman–Crippen LogP) is 3.31. The van der Waals surface area contributed by atoms with Crippen LogP contribution in [-0.2, 0) is 0 Å². The van der Waals surface area contributed by atoms with Crippen molar-refractivity contribution in [2.45, 2.75) is 12.6 Å². The number of aromatic nitrogens is 3. The van der Waals surface area contributed by atoms with Crippen molar-refractivity contribution in [3.05, 3.63) is 42.5 Å². The van der Waals surface area contributed by atoms with E-state index in [1.165, 1.54) is 12.1 Å². The molecule has 22 heavy (non-hydrogen) atoms. The fourth-order valence-electron chi connectivity index (χ4n) is 2.78. The molecular weight excluding hydrogens is 286 g/mol. The molecular formula is C16H14F2N4. The van der Waals surface area contributed by atoms with Crippen molar-refractivity contribution in [3.8, 4) is 11.3 Å². The minimum atomic E-state index is -0.799. The highest BCUT2D eigenvalue weighted by atomic mass is 19.1. The molecule has 1 aromatic carbocycles. The number of alkyl halides is 1. The summed E-state index contributed by atoms with van der Waals surface area (Å²) in [6, 6.07) is 6.55. The van der Waals surface area contributed by atoms with Crippen molar-refractivity contribution in [2.24, 2.45) is 0 Å². The van der Waals surface area contributed by atoms with Gasteiger partial charge < -0.3 is 9.88 Å². The Bertz CT molecular complexity index is 813. The van der Waals surface area contributed by atoms with Gasteiger partial charge in [0.2, 0.25) is 5.95 Å². The van der Waals surface area contributed by atoms with Crippen LogP contribution in [0.5, 0.6) is 0 Å². The van der Waals surface area contributed by atoms with Crippen LogP contribution in [0.15, 0.2) is 36.7 Å². The van der Waals surface area contributed by atoms with E-state index in [1.807, 2.05) is 11.0 Å². The van der Waals surface area contributed by atoms with Crippen molar-refractivity contribution in [3.63, 3.8) is 0 Å². The van der Waals surface area contributed by atoms with Crippen molar-refractivity contribution in [1.82, 2.24) is 15.0 Å². The Labute approximate surface area is 125 Å². The van der Waals surface area contributed by atoms with E-state index in [0.717, 1.165) is 22.2 Å². The van der Waals surface area contributed by atoms with Crippen molar-refractivity contribution in [2.75, 3.05) is 18.0 Å². The Morgan fingerprint density at radius 3 is 2.73 bits per heavy atom. The van der Waals surface area contributed by atoms with Crippen LogP contribution >= 0.6 is 0 Å². The maximum atomic E-state index is 13.2. The second-order valence-corrected chi connectivity index (χ2v) is 5.52. The van der Waals surface area contributed by atoms with Crippen LogP contribution < -0.4 is 4.90 Å². The van der Waals surface area contributed by atoms with Gasteiger partial charge in [0.25, 0.3) is 0 Å². The number of nitrogens with zero attached hydrogens (tertiary/aromatic N) is 3. The maximum absolute atomic E-state index is 13.2. The number of H-pyrrole nitrogens is 1. The largest absolute Gasteiger partial charge is 0.354 e. The van der Waals surface area contributed by atoms with Gasteiger partial charge in [-0.1, -0.05) is 0 Å². The minimum absolute atomic E-state index is 0.276. The molecule has 1 fully saturated rings. The van der Waals surface area contributed by atoms with Gasteiger partial charge in [0.1, 0.15) is 12.0 Å². The number of aromatic amines is 1. The van der Waals surface area contributed by atoms with E-state index in [9.17, 15) is 8.78 Å². The molecule has 0 aliphatic carbocycles. The quantitative estimate of drug-likeness (QED) is 0.789. The Kier molecular flexibility index (Phi) is 3.03. The lowest BCUT2D eigenvalue weighted by atomic mass is 10.2. The topological polar surface area (TPSA) is 44.8 Å². The van der Waals surface area contributed by atoms with Crippen LogP contribution in [0.1, 0.15) is 6.42 Å². The van der Waals surface area contributed by atoms with Gasteiger partial charge in [-0.25, -0.2) is 18.7 Å². The molecule has 0 unspecified atom stereocenters. The van der Waals surface area contributed by atoms with Crippen LogP contribution in [0.3, 0.4) is 0 Å². The first-order chi connectivity index (χ1) is 10.7. The summed E-state index contributed by atoms with van der Waals surface area (Å²) in [5.74, 6) is 0.272. The molecule has 4 nitrogen and oxygen atoms in total. The number of fused-ring (bicyclic) bond motifs is 1. The maximum Gasteiger partial charge on any atom is 0.225 e. The average Bonchev–Trinajstić information content (AvgIpc) is 3.13. The average molecular weight is 300 g/mol. The Balaban J connectivity index is 1.64.